The van der Waals surface area contributed by atoms with Crippen molar-refractivity contribution in [2.75, 3.05) is 19.8 Å². The van der Waals surface area contributed by atoms with Gasteiger partial charge in [0.05, 0.1) is 12.2 Å². The predicted octanol–water partition coefficient (Wildman–Crippen LogP) is 10.3. The van der Waals surface area contributed by atoms with Gasteiger partial charge >= 0.3 is 5.92 Å². The van der Waals surface area contributed by atoms with E-state index in [0.29, 0.717) is 32.7 Å². The van der Waals surface area contributed by atoms with E-state index in [4.69, 9.17) is 14.2 Å². The monoisotopic (exact) mass is 624 g/mol. The summed E-state index contributed by atoms with van der Waals surface area (Å²) >= 11 is 0. The minimum atomic E-state index is -3.45. The van der Waals surface area contributed by atoms with Crippen molar-refractivity contribution in [2.24, 2.45) is 5.92 Å². The van der Waals surface area contributed by atoms with Crippen LogP contribution in [0.25, 0.3) is 22.5 Å². The average Bonchev–Trinajstić information content (AvgIpc) is 3.83. The standard InChI is InChI=1S/C37H47F3N2O3/c1-2-3-4-9-22-43-23-11-8-13-33-37(39,40)34-32(45-33)21-20-31(35(34)38)36-41-25-29(26-42-36)28-16-18-30(19-17-28)44-24-10-6-5-7-12-27-14-15-27/h16-21,25-27,33H,2-15,22-24H2,1H3. The SMILES string of the molecule is CCCCCCOCCCCC1Oc2ccc(-c3ncc(-c4ccc(OCCCCCCC5CC5)cc4)cn3)c(F)c2C1(F)F. The van der Waals surface area contributed by atoms with Crippen LogP contribution in [0.15, 0.2) is 48.8 Å². The number of hydrogen-bond acceptors (Lipinski definition) is 5. The molecule has 2 aliphatic rings. The van der Waals surface area contributed by atoms with Crippen LogP contribution < -0.4 is 9.47 Å². The Kier molecular flexibility index (Phi) is 12.1. The van der Waals surface area contributed by atoms with Gasteiger partial charge in [-0.1, -0.05) is 76.8 Å². The van der Waals surface area contributed by atoms with E-state index >= 15 is 13.2 Å². The van der Waals surface area contributed by atoms with Gasteiger partial charge in [-0.05, 0) is 67.9 Å². The largest absolute Gasteiger partial charge is 0.494 e. The Hall–Kier alpha value is -3.13. The summed E-state index contributed by atoms with van der Waals surface area (Å²) in [6, 6.07) is 10.5. The Morgan fingerprint density at radius 2 is 1.44 bits per heavy atom. The first-order chi connectivity index (χ1) is 22.0. The molecule has 0 amide bonds. The summed E-state index contributed by atoms with van der Waals surface area (Å²) in [5, 5.41) is 0. The number of hydrogen-bond donors (Lipinski definition) is 0. The van der Waals surface area contributed by atoms with E-state index in [2.05, 4.69) is 16.9 Å². The molecule has 2 heterocycles. The molecule has 5 rings (SSSR count). The number of unbranched alkanes of at least 4 members (excludes halogenated alkanes) is 7. The Morgan fingerprint density at radius 1 is 0.778 bits per heavy atom. The van der Waals surface area contributed by atoms with Crippen LogP contribution >= 0.6 is 0 Å². The third-order valence-corrected chi connectivity index (χ3v) is 8.81. The van der Waals surface area contributed by atoms with E-state index in [0.717, 1.165) is 42.1 Å². The summed E-state index contributed by atoms with van der Waals surface area (Å²) in [4.78, 5) is 8.64. The highest BCUT2D eigenvalue weighted by molar-refractivity contribution is 5.66. The van der Waals surface area contributed by atoms with E-state index in [1.807, 2.05) is 24.3 Å². The van der Waals surface area contributed by atoms with Gasteiger partial charge in [0.2, 0.25) is 0 Å². The first-order valence-corrected chi connectivity index (χ1v) is 17.0. The molecular weight excluding hydrogens is 577 g/mol. The number of fused-ring (bicyclic) bond motifs is 1. The molecule has 1 aliphatic carbocycles. The second kappa shape index (κ2) is 16.4. The number of ether oxygens (including phenoxy) is 3. The summed E-state index contributed by atoms with van der Waals surface area (Å²) in [5.41, 5.74) is 0.838. The first-order valence-electron chi connectivity index (χ1n) is 17.0. The molecule has 0 saturated heterocycles. The lowest BCUT2D eigenvalue weighted by Gasteiger charge is -2.18. The summed E-state index contributed by atoms with van der Waals surface area (Å²) < 4.78 is 63.3. The van der Waals surface area contributed by atoms with E-state index < -0.39 is 23.4 Å². The van der Waals surface area contributed by atoms with Gasteiger partial charge < -0.3 is 14.2 Å². The Bertz CT molecular complexity index is 1330. The fraction of sp³-hybridized carbons (Fsp3) is 0.568. The van der Waals surface area contributed by atoms with Gasteiger partial charge in [-0.2, -0.15) is 8.78 Å². The van der Waals surface area contributed by atoms with E-state index in [-0.39, 0.29) is 23.6 Å². The molecule has 0 N–H and O–H groups in total. The summed E-state index contributed by atoms with van der Waals surface area (Å²) in [7, 11) is 0. The first kappa shape index (κ1) is 33.2. The van der Waals surface area contributed by atoms with Crippen LogP contribution in [-0.4, -0.2) is 35.9 Å². The highest BCUT2D eigenvalue weighted by Crippen LogP contribution is 2.50. The lowest BCUT2D eigenvalue weighted by atomic mass is 9.98. The van der Waals surface area contributed by atoms with Gasteiger partial charge in [0.25, 0.3) is 0 Å². The Labute approximate surface area is 265 Å². The number of nitrogens with zero attached hydrogens (tertiary/aromatic N) is 2. The molecule has 1 aliphatic heterocycles. The fourth-order valence-corrected chi connectivity index (χ4v) is 5.88. The van der Waals surface area contributed by atoms with Gasteiger partial charge in [0.1, 0.15) is 22.9 Å². The molecule has 3 aromatic rings. The van der Waals surface area contributed by atoms with Crippen LogP contribution in [0.3, 0.4) is 0 Å². The maximum atomic E-state index is 15.6. The zero-order valence-corrected chi connectivity index (χ0v) is 26.5. The van der Waals surface area contributed by atoms with Crippen molar-refractivity contribution in [3.8, 4) is 34.0 Å². The lowest BCUT2D eigenvalue weighted by molar-refractivity contribution is -0.0815. The third-order valence-electron chi connectivity index (χ3n) is 8.81. The van der Waals surface area contributed by atoms with Crippen molar-refractivity contribution in [3.63, 3.8) is 0 Å². The smallest absolute Gasteiger partial charge is 0.315 e. The van der Waals surface area contributed by atoms with Gasteiger partial charge in [0.15, 0.2) is 11.9 Å². The Morgan fingerprint density at radius 3 is 2.18 bits per heavy atom. The third kappa shape index (κ3) is 9.21. The number of rotatable bonds is 20. The zero-order chi connectivity index (χ0) is 31.5. The highest BCUT2D eigenvalue weighted by atomic mass is 19.3. The molecule has 8 heteroatoms. The van der Waals surface area contributed by atoms with E-state index in [1.165, 1.54) is 63.5 Å². The molecule has 45 heavy (non-hydrogen) atoms. The fourth-order valence-electron chi connectivity index (χ4n) is 5.88. The molecular formula is C37H47F3N2O3. The molecule has 0 radical (unpaired) electrons. The van der Waals surface area contributed by atoms with Crippen LogP contribution in [0.2, 0.25) is 0 Å². The number of aromatic nitrogens is 2. The molecule has 0 spiro atoms. The molecule has 2 aromatic carbocycles. The predicted molar refractivity (Wildman–Crippen MR) is 171 cm³/mol. The normalized spacial score (nSPS) is 16.8. The van der Waals surface area contributed by atoms with E-state index in [9.17, 15) is 0 Å². The second-order valence-electron chi connectivity index (χ2n) is 12.5. The van der Waals surface area contributed by atoms with Crippen LogP contribution in [-0.2, 0) is 10.7 Å². The topological polar surface area (TPSA) is 53.5 Å². The van der Waals surface area contributed by atoms with Crippen LogP contribution in [0.4, 0.5) is 13.2 Å². The molecule has 1 aromatic heterocycles. The van der Waals surface area contributed by atoms with Crippen molar-refractivity contribution in [1.29, 1.82) is 0 Å². The number of benzene rings is 2. The highest BCUT2D eigenvalue weighted by Gasteiger charge is 2.53. The molecule has 5 nitrogen and oxygen atoms in total. The van der Waals surface area contributed by atoms with Crippen molar-refractivity contribution in [2.45, 2.75) is 109 Å². The van der Waals surface area contributed by atoms with Gasteiger partial charge in [-0.3, -0.25) is 0 Å². The maximum Gasteiger partial charge on any atom is 0.315 e. The van der Waals surface area contributed by atoms with Gasteiger partial charge in [-0.25, -0.2) is 14.4 Å². The second-order valence-corrected chi connectivity index (χ2v) is 12.5. The Balaban J connectivity index is 1.10. The molecule has 1 fully saturated rings. The molecule has 1 unspecified atom stereocenters. The molecule has 1 atom stereocenters. The molecule has 0 bridgehead atoms. The minimum absolute atomic E-state index is 0.0477. The zero-order valence-electron chi connectivity index (χ0n) is 26.5. The maximum absolute atomic E-state index is 15.6. The quantitative estimate of drug-likeness (QED) is 0.117. The van der Waals surface area contributed by atoms with Crippen LogP contribution in [0.1, 0.15) is 102 Å². The van der Waals surface area contributed by atoms with Crippen molar-refractivity contribution < 1.29 is 27.4 Å². The average molecular weight is 625 g/mol. The summed E-state index contributed by atoms with van der Waals surface area (Å²) in [6.45, 7) is 4.08. The number of halogens is 3. The van der Waals surface area contributed by atoms with Gasteiger partial charge in [0, 0.05) is 31.2 Å². The van der Waals surface area contributed by atoms with Crippen LogP contribution in [0, 0.1) is 11.7 Å². The van der Waals surface area contributed by atoms with Crippen LogP contribution in [0.5, 0.6) is 11.5 Å². The summed E-state index contributed by atoms with van der Waals surface area (Å²) in [6.07, 6.45) is 16.6. The van der Waals surface area contributed by atoms with E-state index in [1.54, 1.807) is 12.4 Å². The molecule has 1 saturated carbocycles. The van der Waals surface area contributed by atoms with Crippen molar-refractivity contribution in [3.05, 3.63) is 60.2 Å². The lowest BCUT2D eigenvalue weighted by Crippen LogP contribution is -2.30. The van der Waals surface area contributed by atoms with Gasteiger partial charge in [-0.15, -0.1) is 0 Å². The minimum Gasteiger partial charge on any atom is -0.494 e. The molecule has 244 valence electrons. The van der Waals surface area contributed by atoms with Crippen molar-refractivity contribution in [1.82, 2.24) is 9.97 Å². The summed E-state index contributed by atoms with van der Waals surface area (Å²) in [5.74, 6) is -2.74. The number of alkyl halides is 2. The van der Waals surface area contributed by atoms with Crippen molar-refractivity contribution >= 4 is 0 Å².